The molecule has 0 aromatic heterocycles. The quantitative estimate of drug-likeness (QED) is 0.596. The monoisotopic (exact) mass is 262 g/mol. The topological polar surface area (TPSA) is 34.1 Å². The molecular formula is C15H18O2S. The first-order valence-corrected chi connectivity index (χ1v) is 6.90. The van der Waals surface area contributed by atoms with Crippen molar-refractivity contribution in [2.24, 2.45) is 0 Å². The maximum atomic E-state index is 11.3. The van der Waals surface area contributed by atoms with Gasteiger partial charge in [-0.05, 0) is 31.4 Å². The number of Topliss-reactive ketones (excluding diaryl/α,β-unsaturated/α-hetero) is 1. The third-order valence-corrected chi connectivity index (χ3v) is 3.38. The lowest BCUT2D eigenvalue weighted by atomic mass is 10.0. The van der Waals surface area contributed by atoms with Crippen molar-refractivity contribution in [1.29, 1.82) is 0 Å². The average Bonchev–Trinajstić information content (AvgIpc) is 2.27. The second-order valence-corrected chi connectivity index (χ2v) is 5.43. The van der Waals surface area contributed by atoms with Gasteiger partial charge in [-0.2, -0.15) is 0 Å². The van der Waals surface area contributed by atoms with Gasteiger partial charge in [0, 0.05) is 18.2 Å². The minimum absolute atomic E-state index is 0.0980. The minimum Gasteiger partial charge on any atom is -0.295 e. The molecule has 0 heterocycles. The molecule has 0 atom stereocenters. The second kappa shape index (κ2) is 7.17. The third-order valence-electron chi connectivity index (χ3n) is 2.53. The molecule has 3 heteroatoms. The van der Waals surface area contributed by atoms with Crippen LogP contribution in [0.2, 0.25) is 0 Å². The van der Waals surface area contributed by atoms with Gasteiger partial charge in [0.05, 0.1) is 0 Å². The molecule has 2 nitrogen and oxygen atoms in total. The first-order chi connectivity index (χ1) is 8.50. The first kappa shape index (κ1) is 14.7. The summed E-state index contributed by atoms with van der Waals surface area (Å²) >= 11 is 1.34. The van der Waals surface area contributed by atoms with Crippen LogP contribution in [-0.4, -0.2) is 16.7 Å². The molecule has 0 aliphatic heterocycles. The second-order valence-electron chi connectivity index (χ2n) is 4.16. The lowest BCUT2D eigenvalue weighted by molar-refractivity contribution is -0.109. The molecule has 0 amide bonds. The smallest absolute Gasteiger partial charge is 0.185 e. The molecule has 18 heavy (non-hydrogen) atoms. The number of thioether (sulfide) groups is 1. The molecule has 0 fully saturated rings. The fraction of sp³-hybridized carbons (Fsp3) is 0.333. The molecule has 0 N–H and O–H groups in total. The summed E-state index contributed by atoms with van der Waals surface area (Å²) in [4.78, 5) is 22.0. The van der Waals surface area contributed by atoms with E-state index in [1.807, 2.05) is 31.2 Å². The summed E-state index contributed by atoms with van der Waals surface area (Å²) < 4.78 is 0. The Bertz CT molecular complexity index is 475. The summed E-state index contributed by atoms with van der Waals surface area (Å²) in [7, 11) is 0. The van der Waals surface area contributed by atoms with Gasteiger partial charge in [-0.3, -0.25) is 9.59 Å². The number of allylic oxidation sites excluding steroid dienone is 1. The highest BCUT2D eigenvalue weighted by Gasteiger charge is 2.02. The molecule has 0 spiro atoms. The fourth-order valence-corrected chi connectivity index (χ4v) is 2.22. The lowest BCUT2D eigenvalue weighted by Gasteiger charge is -2.02. The van der Waals surface area contributed by atoms with Crippen LogP contribution in [0.25, 0.3) is 6.08 Å². The van der Waals surface area contributed by atoms with E-state index in [4.69, 9.17) is 0 Å². The van der Waals surface area contributed by atoms with Gasteiger partial charge >= 0.3 is 0 Å². The summed E-state index contributed by atoms with van der Waals surface area (Å²) in [6.07, 6.45) is 4.95. The predicted octanol–water partition coefficient (Wildman–Crippen LogP) is 3.88. The minimum atomic E-state index is 0.0980. The first-order valence-electron chi connectivity index (χ1n) is 5.92. The van der Waals surface area contributed by atoms with E-state index in [2.05, 4.69) is 6.08 Å². The van der Waals surface area contributed by atoms with E-state index in [1.54, 1.807) is 13.8 Å². The fourth-order valence-electron chi connectivity index (χ4n) is 1.68. The number of carbonyl (C=O) groups is 2. The van der Waals surface area contributed by atoms with E-state index < -0.39 is 0 Å². The standard InChI is InChI=1S/C15H18O2S/c1-11-10-14(7-8-15(11)12(2)16)6-4-5-9-18-13(3)17/h4,6-8,10H,5,9H2,1-3H3. The molecule has 1 rings (SSSR count). The van der Waals surface area contributed by atoms with Crippen LogP contribution < -0.4 is 0 Å². The number of carbonyl (C=O) groups excluding carboxylic acids is 2. The van der Waals surface area contributed by atoms with Crippen molar-refractivity contribution in [2.75, 3.05) is 5.75 Å². The van der Waals surface area contributed by atoms with Crippen LogP contribution in [0.1, 0.15) is 41.8 Å². The van der Waals surface area contributed by atoms with Gasteiger partial charge in [-0.25, -0.2) is 0 Å². The SMILES string of the molecule is CC(=O)SCCC=Cc1ccc(C(C)=O)c(C)c1. The molecule has 0 bridgehead atoms. The molecular weight excluding hydrogens is 244 g/mol. The molecule has 1 aromatic rings. The van der Waals surface area contributed by atoms with Crippen LogP contribution in [0.4, 0.5) is 0 Å². The molecule has 96 valence electrons. The van der Waals surface area contributed by atoms with Crippen LogP contribution in [0.3, 0.4) is 0 Å². The summed E-state index contributed by atoms with van der Waals surface area (Å²) in [6.45, 7) is 5.11. The Labute approximate surface area is 112 Å². The van der Waals surface area contributed by atoms with Gasteiger partial charge in [-0.15, -0.1) is 0 Å². The summed E-state index contributed by atoms with van der Waals surface area (Å²) in [6, 6.07) is 5.81. The highest BCUT2D eigenvalue weighted by molar-refractivity contribution is 8.13. The molecule has 0 radical (unpaired) electrons. The molecule has 0 unspecified atom stereocenters. The highest BCUT2D eigenvalue weighted by atomic mass is 32.2. The van der Waals surface area contributed by atoms with Crippen molar-refractivity contribution < 1.29 is 9.59 Å². The van der Waals surface area contributed by atoms with Gasteiger partial charge in [0.1, 0.15) is 0 Å². The Morgan fingerprint density at radius 1 is 1.28 bits per heavy atom. The van der Waals surface area contributed by atoms with E-state index in [9.17, 15) is 9.59 Å². The number of hydrogen-bond donors (Lipinski definition) is 0. The number of hydrogen-bond acceptors (Lipinski definition) is 3. The number of rotatable bonds is 5. The highest BCUT2D eigenvalue weighted by Crippen LogP contribution is 2.13. The molecule has 0 saturated carbocycles. The summed E-state index contributed by atoms with van der Waals surface area (Å²) in [5.74, 6) is 0.914. The predicted molar refractivity (Wildman–Crippen MR) is 78.0 cm³/mol. The van der Waals surface area contributed by atoms with Crippen molar-refractivity contribution in [2.45, 2.75) is 27.2 Å². The maximum Gasteiger partial charge on any atom is 0.185 e. The number of benzene rings is 1. The zero-order chi connectivity index (χ0) is 13.5. The molecule has 1 aromatic carbocycles. The van der Waals surface area contributed by atoms with E-state index in [0.29, 0.717) is 0 Å². The van der Waals surface area contributed by atoms with Crippen LogP contribution in [0.5, 0.6) is 0 Å². The van der Waals surface area contributed by atoms with Gasteiger partial charge < -0.3 is 0 Å². The summed E-state index contributed by atoms with van der Waals surface area (Å²) in [5.41, 5.74) is 2.87. The van der Waals surface area contributed by atoms with E-state index >= 15 is 0 Å². The molecule has 0 saturated heterocycles. The zero-order valence-electron chi connectivity index (χ0n) is 11.0. The third kappa shape index (κ3) is 4.88. The van der Waals surface area contributed by atoms with Crippen molar-refractivity contribution in [1.82, 2.24) is 0 Å². The number of aryl methyl sites for hydroxylation is 1. The van der Waals surface area contributed by atoms with Crippen molar-refractivity contribution in [3.8, 4) is 0 Å². The van der Waals surface area contributed by atoms with Crippen molar-refractivity contribution in [3.63, 3.8) is 0 Å². The lowest BCUT2D eigenvalue weighted by Crippen LogP contribution is -1.95. The van der Waals surface area contributed by atoms with E-state index in [0.717, 1.165) is 28.9 Å². The van der Waals surface area contributed by atoms with E-state index in [-0.39, 0.29) is 10.9 Å². The normalized spacial score (nSPS) is 10.8. The molecule has 0 aliphatic carbocycles. The Morgan fingerprint density at radius 2 is 2.00 bits per heavy atom. The van der Waals surface area contributed by atoms with E-state index in [1.165, 1.54) is 11.8 Å². The van der Waals surface area contributed by atoms with Crippen LogP contribution in [-0.2, 0) is 4.79 Å². The van der Waals surface area contributed by atoms with Gasteiger partial charge in [0.25, 0.3) is 0 Å². The Morgan fingerprint density at radius 3 is 2.56 bits per heavy atom. The van der Waals surface area contributed by atoms with Crippen LogP contribution in [0.15, 0.2) is 24.3 Å². The zero-order valence-corrected chi connectivity index (χ0v) is 11.8. The van der Waals surface area contributed by atoms with Crippen molar-refractivity contribution >= 4 is 28.7 Å². The van der Waals surface area contributed by atoms with Crippen molar-refractivity contribution in [3.05, 3.63) is 41.0 Å². The van der Waals surface area contributed by atoms with Crippen LogP contribution in [0, 0.1) is 6.92 Å². The molecule has 0 aliphatic rings. The average molecular weight is 262 g/mol. The number of ketones is 1. The van der Waals surface area contributed by atoms with Gasteiger partial charge in [0.15, 0.2) is 10.9 Å². The Kier molecular flexibility index (Phi) is 5.86. The Hall–Kier alpha value is -1.35. The Balaban J connectivity index is 2.58. The van der Waals surface area contributed by atoms with Gasteiger partial charge in [0.2, 0.25) is 0 Å². The largest absolute Gasteiger partial charge is 0.295 e. The maximum absolute atomic E-state index is 11.3. The summed E-state index contributed by atoms with van der Waals surface area (Å²) in [5, 5.41) is 0.157. The van der Waals surface area contributed by atoms with Gasteiger partial charge in [-0.1, -0.05) is 42.1 Å². The van der Waals surface area contributed by atoms with Crippen LogP contribution >= 0.6 is 11.8 Å².